The van der Waals surface area contributed by atoms with Gasteiger partial charge in [0.15, 0.2) is 0 Å². The number of hydrogen-bond donors (Lipinski definition) is 1. The smallest absolute Gasteiger partial charge is 0.0897 e. The van der Waals surface area contributed by atoms with Crippen molar-refractivity contribution in [1.29, 1.82) is 0 Å². The second-order valence-corrected chi connectivity index (χ2v) is 6.82. The van der Waals surface area contributed by atoms with Crippen molar-refractivity contribution in [2.75, 3.05) is 13.1 Å². The minimum Gasteiger partial charge on any atom is -0.316 e. The fraction of sp³-hybridized carbons (Fsp3) is 0.500. The molecule has 2 aromatic rings. The first-order valence-electron chi connectivity index (χ1n) is 7.85. The SMILES string of the molecule is CCCNCC(Cc1csc(C)n1)Cc1ccccc1C. The summed E-state index contributed by atoms with van der Waals surface area (Å²) in [5.41, 5.74) is 4.11. The molecular formula is C18H26N2S. The Balaban J connectivity index is 2.02. The van der Waals surface area contributed by atoms with Gasteiger partial charge in [-0.15, -0.1) is 11.3 Å². The van der Waals surface area contributed by atoms with Crippen LogP contribution < -0.4 is 5.32 Å². The molecule has 0 aliphatic rings. The summed E-state index contributed by atoms with van der Waals surface area (Å²) in [6.45, 7) is 8.67. The minimum atomic E-state index is 0.610. The third-order valence-electron chi connectivity index (χ3n) is 3.79. The van der Waals surface area contributed by atoms with E-state index in [1.165, 1.54) is 28.2 Å². The second kappa shape index (κ2) is 8.30. The lowest BCUT2D eigenvalue weighted by molar-refractivity contribution is 0.466. The molecule has 0 radical (unpaired) electrons. The molecule has 1 unspecified atom stereocenters. The highest BCUT2D eigenvalue weighted by molar-refractivity contribution is 7.09. The summed E-state index contributed by atoms with van der Waals surface area (Å²) in [6.07, 6.45) is 3.38. The molecule has 1 N–H and O–H groups in total. The van der Waals surface area contributed by atoms with E-state index in [2.05, 4.69) is 60.7 Å². The average molecular weight is 302 g/mol. The lowest BCUT2D eigenvalue weighted by Crippen LogP contribution is -2.26. The van der Waals surface area contributed by atoms with E-state index in [-0.39, 0.29) is 0 Å². The molecule has 1 atom stereocenters. The van der Waals surface area contributed by atoms with Gasteiger partial charge in [-0.2, -0.15) is 0 Å². The van der Waals surface area contributed by atoms with Crippen LogP contribution in [0.1, 0.15) is 35.2 Å². The normalized spacial score (nSPS) is 12.5. The Hall–Kier alpha value is -1.19. The molecule has 0 spiro atoms. The summed E-state index contributed by atoms with van der Waals surface area (Å²) >= 11 is 1.75. The van der Waals surface area contributed by atoms with Crippen LogP contribution >= 0.6 is 11.3 Å². The van der Waals surface area contributed by atoms with Crippen LogP contribution in [0.2, 0.25) is 0 Å². The van der Waals surface area contributed by atoms with E-state index in [9.17, 15) is 0 Å². The van der Waals surface area contributed by atoms with Gasteiger partial charge >= 0.3 is 0 Å². The molecule has 0 amide bonds. The standard InChI is InChI=1S/C18H26N2S/c1-4-9-19-12-16(11-18-13-21-15(3)20-18)10-17-8-6-5-7-14(17)2/h5-8,13,16,19H,4,9-12H2,1-3H3. The number of aryl methyl sites for hydroxylation is 2. The lowest BCUT2D eigenvalue weighted by atomic mass is 9.92. The summed E-state index contributed by atoms with van der Waals surface area (Å²) < 4.78 is 0. The van der Waals surface area contributed by atoms with Crippen molar-refractivity contribution >= 4 is 11.3 Å². The topological polar surface area (TPSA) is 24.9 Å². The Bertz CT molecular complexity index is 548. The number of rotatable bonds is 8. The van der Waals surface area contributed by atoms with Crippen LogP contribution in [0.3, 0.4) is 0 Å². The van der Waals surface area contributed by atoms with Crippen molar-refractivity contribution < 1.29 is 0 Å². The van der Waals surface area contributed by atoms with Crippen LogP contribution in [0.25, 0.3) is 0 Å². The van der Waals surface area contributed by atoms with Gasteiger partial charge in [0.2, 0.25) is 0 Å². The Labute approximate surface area is 132 Å². The first-order valence-corrected chi connectivity index (χ1v) is 8.73. The highest BCUT2D eigenvalue weighted by atomic mass is 32.1. The van der Waals surface area contributed by atoms with E-state index >= 15 is 0 Å². The van der Waals surface area contributed by atoms with Crippen LogP contribution in [0.15, 0.2) is 29.6 Å². The summed E-state index contributed by atoms with van der Waals surface area (Å²) in [6, 6.07) is 8.73. The molecule has 2 nitrogen and oxygen atoms in total. The molecule has 21 heavy (non-hydrogen) atoms. The predicted octanol–water partition coefficient (Wildman–Crippen LogP) is 4.16. The molecule has 0 saturated heterocycles. The molecule has 0 saturated carbocycles. The van der Waals surface area contributed by atoms with E-state index in [0.29, 0.717) is 5.92 Å². The van der Waals surface area contributed by atoms with Crippen molar-refractivity contribution in [2.45, 2.75) is 40.0 Å². The summed E-state index contributed by atoms with van der Waals surface area (Å²) in [4.78, 5) is 4.63. The van der Waals surface area contributed by atoms with Gasteiger partial charge in [-0.05, 0) is 63.2 Å². The van der Waals surface area contributed by atoms with Crippen molar-refractivity contribution in [2.24, 2.45) is 5.92 Å². The monoisotopic (exact) mass is 302 g/mol. The first-order chi connectivity index (χ1) is 10.2. The Morgan fingerprint density at radius 3 is 2.67 bits per heavy atom. The maximum Gasteiger partial charge on any atom is 0.0897 e. The Kier molecular flexibility index (Phi) is 6.40. The molecule has 2 rings (SSSR count). The van der Waals surface area contributed by atoms with Crippen LogP contribution in [0.5, 0.6) is 0 Å². The number of thiazole rings is 1. The van der Waals surface area contributed by atoms with Crippen molar-refractivity contribution in [3.8, 4) is 0 Å². The minimum absolute atomic E-state index is 0.610. The summed E-state index contributed by atoms with van der Waals surface area (Å²) in [5, 5.41) is 6.95. The number of benzene rings is 1. The Morgan fingerprint density at radius 2 is 2.00 bits per heavy atom. The number of aromatic nitrogens is 1. The molecule has 114 valence electrons. The lowest BCUT2D eigenvalue weighted by Gasteiger charge is -2.18. The van der Waals surface area contributed by atoms with E-state index in [1.54, 1.807) is 11.3 Å². The van der Waals surface area contributed by atoms with Gasteiger partial charge in [-0.1, -0.05) is 31.2 Å². The van der Waals surface area contributed by atoms with Gasteiger partial charge in [0, 0.05) is 5.38 Å². The number of hydrogen-bond acceptors (Lipinski definition) is 3. The maximum absolute atomic E-state index is 4.63. The van der Waals surface area contributed by atoms with Crippen molar-refractivity contribution in [3.63, 3.8) is 0 Å². The van der Waals surface area contributed by atoms with Crippen LogP contribution in [-0.2, 0) is 12.8 Å². The summed E-state index contributed by atoms with van der Waals surface area (Å²) in [7, 11) is 0. The van der Waals surface area contributed by atoms with Crippen molar-refractivity contribution in [1.82, 2.24) is 10.3 Å². The van der Waals surface area contributed by atoms with Gasteiger partial charge in [-0.3, -0.25) is 0 Å². The van der Waals surface area contributed by atoms with Crippen LogP contribution in [0.4, 0.5) is 0 Å². The molecule has 3 heteroatoms. The first kappa shape index (κ1) is 16.2. The molecule has 1 aromatic heterocycles. The second-order valence-electron chi connectivity index (χ2n) is 5.76. The van der Waals surface area contributed by atoms with Gasteiger partial charge in [0.05, 0.1) is 10.7 Å². The highest BCUT2D eigenvalue weighted by Crippen LogP contribution is 2.18. The molecule has 1 aromatic carbocycles. The number of nitrogens with one attached hydrogen (secondary N) is 1. The zero-order chi connectivity index (χ0) is 15.1. The van der Waals surface area contributed by atoms with E-state index in [4.69, 9.17) is 0 Å². The molecule has 0 aliphatic heterocycles. The molecule has 0 bridgehead atoms. The fourth-order valence-corrected chi connectivity index (χ4v) is 3.27. The fourth-order valence-electron chi connectivity index (χ4n) is 2.65. The van der Waals surface area contributed by atoms with Crippen LogP contribution in [0, 0.1) is 19.8 Å². The van der Waals surface area contributed by atoms with Crippen LogP contribution in [-0.4, -0.2) is 18.1 Å². The zero-order valence-corrected chi connectivity index (χ0v) is 14.2. The summed E-state index contributed by atoms with van der Waals surface area (Å²) in [5.74, 6) is 0.610. The zero-order valence-electron chi connectivity index (χ0n) is 13.4. The average Bonchev–Trinajstić information content (AvgIpc) is 2.87. The largest absolute Gasteiger partial charge is 0.316 e. The molecule has 0 aliphatic carbocycles. The number of nitrogens with zero attached hydrogens (tertiary/aromatic N) is 1. The highest BCUT2D eigenvalue weighted by Gasteiger charge is 2.13. The van der Waals surface area contributed by atoms with E-state index < -0.39 is 0 Å². The molecular weight excluding hydrogens is 276 g/mol. The molecule has 1 heterocycles. The van der Waals surface area contributed by atoms with Crippen molar-refractivity contribution in [3.05, 3.63) is 51.5 Å². The third kappa shape index (κ3) is 5.25. The van der Waals surface area contributed by atoms with Gasteiger partial charge in [0.25, 0.3) is 0 Å². The third-order valence-corrected chi connectivity index (χ3v) is 4.62. The van der Waals surface area contributed by atoms with Gasteiger partial charge in [0.1, 0.15) is 0 Å². The Morgan fingerprint density at radius 1 is 1.19 bits per heavy atom. The van der Waals surface area contributed by atoms with Gasteiger partial charge < -0.3 is 5.32 Å². The predicted molar refractivity (Wildman–Crippen MR) is 92.1 cm³/mol. The van der Waals surface area contributed by atoms with Gasteiger partial charge in [-0.25, -0.2) is 4.98 Å². The molecule has 0 fully saturated rings. The van der Waals surface area contributed by atoms with E-state index in [1.807, 2.05) is 0 Å². The quantitative estimate of drug-likeness (QED) is 0.741. The maximum atomic E-state index is 4.63. The van der Waals surface area contributed by atoms with E-state index in [0.717, 1.165) is 25.9 Å².